The first-order chi connectivity index (χ1) is 18.3. The molecular weight excluding hydrogens is 583 g/mol. The number of ether oxygens (including phenoxy) is 3. The summed E-state index contributed by atoms with van der Waals surface area (Å²) in [6.07, 6.45) is -4.84. The van der Waals surface area contributed by atoms with E-state index in [-0.39, 0.29) is 22.4 Å². The van der Waals surface area contributed by atoms with Crippen LogP contribution in [0.4, 0.5) is 4.39 Å². The van der Waals surface area contributed by atoms with E-state index in [4.69, 9.17) is 41.9 Å². The molecule has 1 aromatic carbocycles. The van der Waals surface area contributed by atoms with E-state index in [1.807, 2.05) is 11.9 Å². The number of benzene rings is 1. The number of hydrogen-bond donors (Lipinski definition) is 2. The lowest BCUT2D eigenvalue weighted by Gasteiger charge is -2.25. The molecule has 0 bridgehead atoms. The highest BCUT2D eigenvalue weighted by Gasteiger charge is 2.59. The molecule has 39 heavy (non-hydrogen) atoms. The molecule has 2 aromatic rings. The minimum atomic E-state index is -3.02. The van der Waals surface area contributed by atoms with E-state index in [2.05, 4.69) is 4.74 Å². The van der Waals surface area contributed by atoms with Crippen LogP contribution in [-0.4, -0.2) is 57.4 Å². The number of unbranched alkanes of at least 4 members (excludes halogenated alkanes) is 1. The predicted octanol–water partition coefficient (Wildman–Crippen LogP) is 2.84. The van der Waals surface area contributed by atoms with E-state index in [1.54, 1.807) is 0 Å². The van der Waals surface area contributed by atoms with Gasteiger partial charge in [-0.25, -0.2) is 14.0 Å². The molecule has 2 heterocycles. The number of aliphatic hydroxyl groups excluding tert-OH is 1. The Balaban J connectivity index is 1.92. The molecule has 0 amide bonds. The van der Waals surface area contributed by atoms with Crippen LogP contribution in [0.3, 0.4) is 0 Å². The Hall–Kier alpha value is -2.38. The average molecular weight is 610 g/mol. The number of carbonyl (C=O) groups excluding carboxylic acids is 1. The van der Waals surface area contributed by atoms with Crippen LogP contribution in [0.2, 0.25) is 10.0 Å². The second-order valence-corrected chi connectivity index (χ2v) is 10.5. The van der Waals surface area contributed by atoms with Gasteiger partial charge in [-0.05, 0) is 38.5 Å². The minimum Gasteiger partial charge on any atom is -0.583 e. The minimum absolute atomic E-state index is 0.0000338. The van der Waals surface area contributed by atoms with Crippen molar-refractivity contribution < 1.29 is 37.9 Å². The third-order valence-corrected chi connectivity index (χ3v) is 7.17. The van der Waals surface area contributed by atoms with E-state index in [9.17, 15) is 24.4 Å². The van der Waals surface area contributed by atoms with Crippen molar-refractivity contribution >= 4 is 37.3 Å². The van der Waals surface area contributed by atoms with Gasteiger partial charge in [0, 0.05) is 17.3 Å². The zero-order valence-electron chi connectivity index (χ0n) is 21.1. The Kier molecular flexibility index (Phi) is 10.6. The van der Waals surface area contributed by atoms with Crippen LogP contribution < -0.4 is 20.9 Å². The summed E-state index contributed by atoms with van der Waals surface area (Å²) in [6, 6.07) is 3.89. The summed E-state index contributed by atoms with van der Waals surface area (Å²) in [4.78, 5) is 50.6. The Bertz CT molecular complexity index is 1320. The molecule has 1 fully saturated rings. The molecule has 1 aromatic heterocycles. The number of carbonyl (C=O) groups is 1. The number of nitrogens with one attached hydrogen (secondary N) is 1. The van der Waals surface area contributed by atoms with Crippen molar-refractivity contribution in [3.8, 4) is 5.75 Å². The van der Waals surface area contributed by atoms with E-state index in [0.717, 1.165) is 30.2 Å². The maximum absolute atomic E-state index is 15.8. The molecule has 2 N–H and O–H groups in total. The summed E-state index contributed by atoms with van der Waals surface area (Å²) in [5.41, 5.74) is -4.35. The van der Waals surface area contributed by atoms with Gasteiger partial charge < -0.3 is 24.2 Å². The lowest BCUT2D eigenvalue weighted by molar-refractivity contribution is -0.206. The van der Waals surface area contributed by atoms with Crippen molar-refractivity contribution in [1.82, 2.24) is 9.55 Å². The van der Waals surface area contributed by atoms with E-state index in [1.165, 1.54) is 25.1 Å². The number of alkyl halides is 1. The molecule has 0 saturated carbocycles. The van der Waals surface area contributed by atoms with Gasteiger partial charge in [0.05, 0.1) is 11.6 Å². The zero-order valence-corrected chi connectivity index (χ0v) is 23.5. The zero-order chi connectivity index (χ0) is 28.9. The van der Waals surface area contributed by atoms with Gasteiger partial charge in [-0.3, -0.25) is 14.3 Å². The number of aromatic nitrogens is 2. The van der Waals surface area contributed by atoms with Gasteiger partial charge in [0.15, 0.2) is 24.0 Å². The third-order valence-electron chi connectivity index (χ3n) is 5.71. The summed E-state index contributed by atoms with van der Waals surface area (Å²) >= 11 is 12.1. The number of halogens is 3. The van der Waals surface area contributed by atoms with Crippen molar-refractivity contribution in [2.75, 3.05) is 6.61 Å². The van der Waals surface area contributed by atoms with Crippen molar-refractivity contribution in [3.05, 3.63) is 61.3 Å². The fraction of sp³-hybridized carbons (Fsp3) is 0.522. The summed E-state index contributed by atoms with van der Waals surface area (Å²) in [7, 11) is -3.02. The molecule has 0 spiro atoms. The normalized spacial score (nSPS) is 24.8. The first kappa shape index (κ1) is 31.2. The summed E-state index contributed by atoms with van der Waals surface area (Å²) < 4.78 is 42.1. The van der Waals surface area contributed by atoms with E-state index in [0.29, 0.717) is 6.42 Å². The van der Waals surface area contributed by atoms with Gasteiger partial charge in [-0.2, -0.15) is 0 Å². The molecule has 1 aliphatic rings. The SMILES string of the molecule is CCCCOC(=O)[C@H](C)N=[P+]([O-])OC(Oc1ccc(Cl)cc1Cl)[C@@H]1O[C@@H](n2ccc(=O)[nH]c2=O)[C@](C)(F)[C@@H]1O. The molecule has 16 heteroatoms. The third kappa shape index (κ3) is 7.63. The maximum Gasteiger partial charge on any atom is 0.346 e. The molecule has 3 rings (SSSR count). The van der Waals surface area contributed by atoms with Gasteiger partial charge in [0.2, 0.25) is 0 Å². The number of hydrogen-bond acceptors (Lipinski definition) is 10. The Labute approximate surface area is 233 Å². The molecule has 1 aliphatic heterocycles. The van der Waals surface area contributed by atoms with Crippen LogP contribution in [0.15, 0.2) is 44.8 Å². The number of H-pyrrole nitrogens is 1. The molecule has 2 unspecified atom stereocenters. The molecule has 7 atom stereocenters. The summed E-state index contributed by atoms with van der Waals surface area (Å²) in [5.74, 6) is -0.790. The van der Waals surface area contributed by atoms with E-state index >= 15 is 4.39 Å². The quantitative estimate of drug-likeness (QED) is 0.169. The first-order valence-electron chi connectivity index (χ1n) is 11.8. The van der Waals surface area contributed by atoms with Crippen LogP contribution in [0, 0.1) is 0 Å². The largest absolute Gasteiger partial charge is 0.583 e. The molecular formula is C23H27Cl2FN3O9P. The van der Waals surface area contributed by atoms with Crippen LogP contribution in [-0.2, 0) is 18.8 Å². The highest BCUT2D eigenvalue weighted by molar-refractivity contribution is 7.33. The van der Waals surface area contributed by atoms with Crippen molar-refractivity contribution in [2.45, 2.75) is 70.0 Å². The molecule has 12 nitrogen and oxygen atoms in total. The second-order valence-electron chi connectivity index (χ2n) is 8.78. The fourth-order valence-corrected chi connectivity index (χ4v) is 4.80. The topological polar surface area (TPSA) is 164 Å². The standard InChI is InChI=1S/C23H27Cl2FN3O9P/c1-4-5-10-35-19(32)12(2)28-39(34)38-20(36-15-7-6-13(24)11-14(15)25)17-18(31)23(3,26)21(37-17)29-9-8-16(30)27-22(29)33/h6-9,11-12,17-18,20-21,31H,4-5,10H2,1-3H3,(H,27,30,33)/t12-,17+,18+,20?,21+,23+/m0/s1. The van der Waals surface area contributed by atoms with Gasteiger partial charge in [0.25, 0.3) is 11.8 Å². The number of nitrogens with zero attached hydrogens (tertiary/aromatic N) is 2. The second kappa shape index (κ2) is 13.3. The molecule has 0 radical (unpaired) electrons. The highest BCUT2D eigenvalue weighted by Crippen LogP contribution is 2.44. The van der Waals surface area contributed by atoms with Gasteiger partial charge >= 0.3 is 19.8 Å². The van der Waals surface area contributed by atoms with Crippen molar-refractivity contribution in [2.24, 2.45) is 4.74 Å². The smallest absolute Gasteiger partial charge is 0.346 e. The maximum atomic E-state index is 15.8. The van der Waals surface area contributed by atoms with Gasteiger partial charge in [0.1, 0.15) is 11.9 Å². The Morgan fingerprint density at radius 2 is 2.10 bits per heavy atom. The monoisotopic (exact) mass is 609 g/mol. The molecule has 0 aliphatic carbocycles. The van der Waals surface area contributed by atoms with Crippen LogP contribution >= 0.6 is 31.4 Å². The van der Waals surface area contributed by atoms with Crippen LogP contribution in [0.1, 0.15) is 39.8 Å². The molecule has 1 saturated heterocycles. The number of esters is 1. The lowest BCUT2D eigenvalue weighted by atomic mass is 9.98. The average Bonchev–Trinajstić information content (AvgIpc) is 3.09. The first-order valence-corrected chi connectivity index (χ1v) is 13.7. The Morgan fingerprint density at radius 1 is 1.38 bits per heavy atom. The van der Waals surface area contributed by atoms with Gasteiger partial charge in [-0.15, -0.1) is 4.52 Å². The number of aliphatic hydroxyl groups is 1. The summed E-state index contributed by atoms with van der Waals surface area (Å²) in [6.45, 7) is 4.38. The lowest BCUT2D eigenvalue weighted by Crippen LogP contribution is -2.46. The summed E-state index contributed by atoms with van der Waals surface area (Å²) in [5, 5.41) is 11.1. The van der Waals surface area contributed by atoms with Gasteiger partial charge in [-0.1, -0.05) is 41.3 Å². The molecule has 214 valence electrons. The van der Waals surface area contributed by atoms with Crippen LogP contribution in [0.25, 0.3) is 0 Å². The van der Waals surface area contributed by atoms with Crippen LogP contribution in [0.5, 0.6) is 5.75 Å². The predicted molar refractivity (Wildman–Crippen MR) is 137 cm³/mol. The Morgan fingerprint density at radius 3 is 2.74 bits per heavy atom. The van der Waals surface area contributed by atoms with Crippen molar-refractivity contribution in [3.63, 3.8) is 0 Å². The fourth-order valence-electron chi connectivity index (χ4n) is 3.57. The van der Waals surface area contributed by atoms with Crippen molar-refractivity contribution in [1.29, 1.82) is 0 Å². The number of aromatic amines is 1. The highest BCUT2D eigenvalue weighted by atomic mass is 35.5. The van der Waals surface area contributed by atoms with E-state index < -0.39 is 61.8 Å². The number of rotatable bonds is 11.